The van der Waals surface area contributed by atoms with E-state index >= 15 is 0 Å². The molecule has 1 amide bonds. The third kappa shape index (κ3) is 4.75. The molecule has 1 rings (SSSR count). The topological polar surface area (TPSA) is 58.6 Å². The number of aliphatic hydroxyl groups is 1. The summed E-state index contributed by atoms with van der Waals surface area (Å²) >= 11 is 3.32. The maximum absolute atomic E-state index is 11.2. The number of amides is 1. The average Bonchev–Trinajstić information content (AvgIpc) is 2.31. The van der Waals surface area contributed by atoms with Crippen LogP contribution in [0.25, 0.3) is 0 Å². The number of halogens is 1. The van der Waals surface area contributed by atoms with Crippen LogP contribution in [0.3, 0.4) is 0 Å². The lowest BCUT2D eigenvalue weighted by molar-refractivity contribution is -0.121. The van der Waals surface area contributed by atoms with Gasteiger partial charge in [-0.2, -0.15) is 0 Å². The van der Waals surface area contributed by atoms with Gasteiger partial charge in [-0.25, -0.2) is 0 Å². The quantitative estimate of drug-likeness (QED) is 0.843. The molecule has 0 aliphatic heterocycles. The molecule has 1 aromatic rings. The number of ether oxygens (including phenoxy) is 1. The summed E-state index contributed by atoms with van der Waals surface area (Å²) in [6.07, 6.45) is 0.314. The van der Waals surface area contributed by atoms with Crippen molar-refractivity contribution >= 4 is 21.8 Å². The Morgan fingerprint density at radius 3 is 2.94 bits per heavy atom. The number of carbonyl (C=O) groups excluding carboxylic acids is 1. The van der Waals surface area contributed by atoms with Crippen molar-refractivity contribution in [1.29, 1.82) is 0 Å². The molecule has 0 aromatic heterocycles. The van der Waals surface area contributed by atoms with Crippen molar-refractivity contribution in [2.75, 3.05) is 13.2 Å². The first kappa shape index (κ1) is 14.0. The minimum atomic E-state index is -0.0874. The number of aliphatic hydroxyl groups excluding tert-OH is 1. The van der Waals surface area contributed by atoms with Gasteiger partial charge in [0.15, 0.2) is 0 Å². The Kier molecular flexibility index (Phi) is 6.00. The highest BCUT2D eigenvalue weighted by atomic mass is 79.9. The van der Waals surface area contributed by atoms with Gasteiger partial charge in [0.05, 0.1) is 19.6 Å². The third-order valence-electron chi connectivity index (χ3n) is 2.15. The lowest BCUT2D eigenvalue weighted by Crippen LogP contribution is -2.24. The highest BCUT2D eigenvalue weighted by Crippen LogP contribution is 2.23. The van der Waals surface area contributed by atoms with Crippen LogP contribution in [0.4, 0.5) is 0 Å². The van der Waals surface area contributed by atoms with Crippen LogP contribution in [0.2, 0.25) is 0 Å². The van der Waals surface area contributed by atoms with Crippen molar-refractivity contribution < 1.29 is 14.6 Å². The minimum Gasteiger partial charge on any atom is -0.493 e. The number of hydrogen-bond donors (Lipinski definition) is 2. The number of rotatable bonds is 6. The summed E-state index contributed by atoms with van der Waals surface area (Å²) in [6, 6.07) is 5.40. The van der Waals surface area contributed by atoms with E-state index in [4.69, 9.17) is 9.84 Å². The van der Waals surface area contributed by atoms with Crippen LogP contribution in [-0.4, -0.2) is 24.2 Å². The van der Waals surface area contributed by atoms with Crippen LogP contribution in [0.15, 0.2) is 22.7 Å². The standard InChI is InChI=1S/C12H16BrNO3/c1-2-14-12(16)5-6-17-11-4-3-10(13)7-9(11)8-15/h3-4,7,15H,2,5-6,8H2,1H3,(H,14,16). The summed E-state index contributed by atoms with van der Waals surface area (Å²) < 4.78 is 6.35. The van der Waals surface area contributed by atoms with Gasteiger partial charge >= 0.3 is 0 Å². The summed E-state index contributed by atoms with van der Waals surface area (Å²) in [6.45, 7) is 2.72. The van der Waals surface area contributed by atoms with Gasteiger partial charge in [0.2, 0.25) is 5.91 Å². The van der Waals surface area contributed by atoms with Crippen LogP contribution in [-0.2, 0) is 11.4 Å². The largest absolute Gasteiger partial charge is 0.493 e. The Bertz CT molecular complexity index is 382. The second-order valence-electron chi connectivity index (χ2n) is 3.46. The van der Waals surface area contributed by atoms with Gasteiger partial charge in [-0.15, -0.1) is 0 Å². The number of hydrogen-bond acceptors (Lipinski definition) is 3. The Morgan fingerprint density at radius 1 is 1.53 bits per heavy atom. The fourth-order valence-corrected chi connectivity index (χ4v) is 1.76. The Balaban J connectivity index is 2.49. The maximum atomic E-state index is 11.2. The van der Waals surface area contributed by atoms with E-state index in [2.05, 4.69) is 21.2 Å². The van der Waals surface area contributed by atoms with E-state index in [0.29, 0.717) is 30.9 Å². The molecule has 0 saturated heterocycles. The van der Waals surface area contributed by atoms with Crippen LogP contribution in [0, 0.1) is 0 Å². The van der Waals surface area contributed by atoms with Crippen molar-refractivity contribution in [1.82, 2.24) is 5.32 Å². The number of carbonyl (C=O) groups is 1. The molecule has 0 fully saturated rings. The summed E-state index contributed by atoms with van der Waals surface area (Å²) in [5.74, 6) is 0.579. The van der Waals surface area contributed by atoms with Crippen LogP contribution in [0.5, 0.6) is 5.75 Å². The number of nitrogens with one attached hydrogen (secondary N) is 1. The van der Waals surface area contributed by atoms with Gasteiger partial charge in [0, 0.05) is 16.6 Å². The predicted molar refractivity (Wildman–Crippen MR) is 68.9 cm³/mol. The van der Waals surface area contributed by atoms with Crippen LogP contribution >= 0.6 is 15.9 Å². The van der Waals surface area contributed by atoms with Gasteiger partial charge < -0.3 is 15.2 Å². The third-order valence-corrected chi connectivity index (χ3v) is 2.65. The zero-order chi connectivity index (χ0) is 12.7. The van der Waals surface area contributed by atoms with E-state index in [-0.39, 0.29) is 12.5 Å². The monoisotopic (exact) mass is 301 g/mol. The van der Waals surface area contributed by atoms with Gasteiger partial charge in [-0.3, -0.25) is 4.79 Å². The molecule has 5 heteroatoms. The highest BCUT2D eigenvalue weighted by molar-refractivity contribution is 9.10. The molecular weight excluding hydrogens is 286 g/mol. The molecule has 2 N–H and O–H groups in total. The Morgan fingerprint density at radius 2 is 2.29 bits per heavy atom. The minimum absolute atomic E-state index is 0.0323. The zero-order valence-electron chi connectivity index (χ0n) is 9.70. The van der Waals surface area contributed by atoms with E-state index in [1.54, 1.807) is 12.1 Å². The average molecular weight is 302 g/mol. The Hall–Kier alpha value is -1.07. The first-order chi connectivity index (χ1) is 8.17. The summed E-state index contributed by atoms with van der Waals surface area (Å²) in [7, 11) is 0. The van der Waals surface area contributed by atoms with Crippen LogP contribution in [0.1, 0.15) is 18.9 Å². The maximum Gasteiger partial charge on any atom is 0.223 e. The molecule has 0 radical (unpaired) electrons. The molecule has 0 bridgehead atoms. The van der Waals surface area contributed by atoms with E-state index in [9.17, 15) is 4.79 Å². The van der Waals surface area contributed by atoms with Crippen molar-refractivity contribution in [3.63, 3.8) is 0 Å². The first-order valence-electron chi connectivity index (χ1n) is 5.46. The molecular formula is C12H16BrNO3. The van der Waals surface area contributed by atoms with Crippen molar-refractivity contribution in [2.45, 2.75) is 20.0 Å². The van der Waals surface area contributed by atoms with E-state index in [1.807, 2.05) is 13.0 Å². The second-order valence-corrected chi connectivity index (χ2v) is 4.38. The van der Waals surface area contributed by atoms with Gasteiger partial charge in [0.1, 0.15) is 5.75 Å². The van der Waals surface area contributed by atoms with Crippen molar-refractivity contribution in [3.05, 3.63) is 28.2 Å². The summed E-state index contributed by atoms with van der Waals surface area (Å²) in [5, 5.41) is 11.8. The normalized spacial score (nSPS) is 10.1. The van der Waals surface area contributed by atoms with Gasteiger partial charge in [0.25, 0.3) is 0 Å². The fraction of sp³-hybridized carbons (Fsp3) is 0.417. The number of benzene rings is 1. The molecule has 0 spiro atoms. The molecule has 0 unspecified atom stereocenters. The smallest absolute Gasteiger partial charge is 0.223 e. The molecule has 0 aliphatic rings. The molecule has 94 valence electrons. The van der Waals surface area contributed by atoms with E-state index in [0.717, 1.165) is 4.47 Å². The molecule has 0 aliphatic carbocycles. The summed E-state index contributed by atoms with van der Waals surface area (Å²) in [4.78, 5) is 11.2. The van der Waals surface area contributed by atoms with E-state index in [1.165, 1.54) is 0 Å². The highest BCUT2D eigenvalue weighted by Gasteiger charge is 2.05. The van der Waals surface area contributed by atoms with Crippen LogP contribution < -0.4 is 10.1 Å². The SMILES string of the molecule is CCNC(=O)CCOc1ccc(Br)cc1CO. The van der Waals surface area contributed by atoms with Gasteiger partial charge in [-0.1, -0.05) is 15.9 Å². The fourth-order valence-electron chi connectivity index (χ4n) is 1.35. The molecule has 17 heavy (non-hydrogen) atoms. The zero-order valence-corrected chi connectivity index (χ0v) is 11.3. The molecule has 0 atom stereocenters. The molecule has 1 aromatic carbocycles. The predicted octanol–water partition coefficient (Wildman–Crippen LogP) is 1.85. The van der Waals surface area contributed by atoms with E-state index < -0.39 is 0 Å². The van der Waals surface area contributed by atoms with Crippen molar-refractivity contribution in [2.24, 2.45) is 0 Å². The Labute approximate surface area is 109 Å². The second kappa shape index (κ2) is 7.29. The van der Waals surface area contributed by atoms with Gasteiger partial charge in [-0.05, 0) is 25.1 Å². The molecule has 4 nitrogen and oxygen atoms in total. The lowest BCUT2D eigenvalue weighted by atomic mass is 10.2. The molecule has 0 saturated carbocycles. The lowest BCUT2D eigenvalue weighted by Gasteiger charge is -2.10. The molecule has 0 heterocycles. The first-order valence-corrected chi connectivity index (χ1v) is 6.25. The summed E-state index contributed by atoms with van der Waals surface area (Å²) in [5.41, 5.74) is 0.704. The van der Waals surface area contributed by atoms with Crippen molar-refractivity contribution in [3.8, 4) is 5.75 Å².